The fourth-order valence-corrected chi connectivity index (χ4v) is 2.06. The zero-order valence-corrected chi connectivity index (χ0v) is 10.4. The Labute approximate surface area is 109 Å². The molecule has 3 rings (SSSR count). The first-order valence-electron chi connectivity index (χ1n) is 6.11. The van der Waals surface area contributed by atoms with Crippen LogP contribution in [0.15, 0.2) is 23.3 Å². The van der Waals surface area contributed by atoms with Crippen molar-refractivity contribution < 1.29 is 14.3 Å². The monoisotopic (exact) mass is 259 g/mol. The number of amides is 2. The first-order chi connectivity index (χ1) is 9.13. The minimum absolute atomic E-state index is 0.0705. The molecule has 2 N–H and O–H groups in total. The highest BCUT2D eigenvalue weighted by Crippen LogP contribution is 2.31. The van der Waals surface area contributed by atoms with Gasteiger partial charge in [-0.15, -0.1) is 0 Å². The van der Waals surface area contributed by atoms with Crippen LogP contribution in [0, 0.1) is 0 Å². The van der Waals surface area contributed by atoms with E-state index in [2.05, 4.69) is 15.8 Å². The van der Waals surface area contributed by atoms with Crippen LogP contribution in [0.1, 0.15) is 25.3 Å². The fourth-order valence-electron chi connectivity index (χ4n) is 2.06. The SMILES string of the molecule is CC1Oc2cc(C3=NNC(=O)CC3)ccc2NC1=O. The number of carbonyl (C=O) groups is 2. The van der Waals surface area contributed by atoms with Crippen molar-refractivity contribution >= 4 is 23.2 Å². The summed E-state index contributed by atoms with van der Waals surface area (Å²) in [6.07, 6.45) is 0.534. The average molecular weight is 259 g/mol. The van der Waals surface area contributed by atoms with Crippen LogP contribution in [-0.4, -0.2) is 23.6 Å². The van der Waals surface area contributed by atoms with Crippen molar-refractivity contribution in [3.63, 3.8) is 0 Å². The molecule has 0 saturated heterocycles. The first kappa shape index (κ1) is 11.7. The number of anilines is 1. The van der Waals surface area contributed by atoms with Gasteiger partial charge in [0.25, 0.3) is 5.91 Å². The van der Waals surface area contributed by atoms with Crippen LogP contribution in [0.2, 0.25) is 0 Å². The Balaban J connectivity index is 1.92. The van der Waals surface area contributed by atoms with E-state index in [-0.39, 0.29) is 11.8 Å². The lowest BCUT2D eigenvalue weighted by atomic mass is 10.0. The number of hydrogen-bond donors (Lipinski definition) is 2. The van der Waals surface area contributed by atoms with E-state index < -0.39 is 6.10 Å². The summed E-state index contributed by atoms with van der Waals surface area (Å²) in [5.41, 5.74) is 4.83. The number of benzene rings is 1. The van der Waals surface area contributed by atoms with Crippen molar-refractivity contribution in [2.45, 2.75) is 25.9 Å². The molecule has 1 aromatic carbocycles. The molecular formula is C13H13N3O3. The predicted octanol–water partition coefficient (Wildman–Crippen LogP) is 1.02. The van der Waals surface area contributed by atoms with Crippen LogP contribution in [0.3, 0.4) is 0 Å². The second kappa shape index (κ2) is 4.38. The average Bonchev–Trinajstić information content (AvgIpc) is 2.40. The number of hydrazone groups is 1. The number of ether oxygens (including phenoxy) is 1. The van der Waals surface area contributed by atoms with E-state index in [9.17, 15) is 9.59 Å². The molecule has 0 spiro atoms. The molecule has 0 fully saturated rings. The fraction of sp³-hybridized carbons (Fsp3) is 0.308. The van der Waals surface area contributed by atoms with E-state index in [4.69, 9.17) is 4.74 Å². The van der Waals surface area contributed by atoms with E-state index in [1.807, 2.05) is 12.1 Å². The standard InChI is InChI=1S/C13H13N3O3/c1-7-13(18)14-10-3-2-8(6-11(10)19-7)9-4-5-12(17)16-15-9/h2-3,6-7H,4-5H2,1H3,(H,14,18)(H,16,17). The van der Waals surface area contributed by atoms with Crippen LogP contribution in [0.25, 0.3) is 0 Å². The van der Waals surface area contributed by atoms with Crippen LogP contribution in [0.5, 0.6) is 5.75 Å². The second-order valence-corrected chi connectivity index (χ2v) is 4.55. The van der Waals surface area contributed by atoms with Crippen LogP contribution < -0.4 is 15.5 Å². The molecule has 0 aromatic heterocycles. The molecule has 6 nitrogen and oxygen atoms in total. The smallest absolute Gasteiger partial charge is 0.265 e. The lowest BCUT2D eigenvalue weighted by Gasteiger charge is -2.24. The van der Waals surface area contributed by atoms with Crippen molar-refractivity contribution in [3.05, 3.63) is 23.8 Å². The minimum Gasteiger partial charge on any atom is -0.479 e. The molecule has 0 bridgehead atoms. The quantitative estimate of drug-likeness (QED) is 0.790. The Morgan fingerprint density at radius 1 is 1.32 bits per heavy atom. The van der Waals surface area contributed by atoms with E-state index in [0.717, 1.165) is 11.3 Å². The topological polar surface area (TPSA) is 79.8 Å². The summed E-state index contributed by atoms with van der Waals surface area (Å²) in [6.45, 7) is 1.70. The zero-order valence-electron chi connectivity index (χ0n) is 10.4. The van der Waals surface area contributed by atoms with Gasteiger partial charge in [-0.25, -0.2) is 5.43 Å². The molecule has 1 atom stereocenters. The Bertz CT molecular complexity index is 595. The molecule has 2 heterocycles. The number of rotatable bonds is 1. The Morgan fingerprint density at radius 2 is 2.16 bits per heavy atom. The minimum atomic E-state index is -0.504. The maximum absolute atomic E-state index is 11.5. The van der Waals surface area contributed by atoms with Crippen molar-refractivity contribution in [2.75, 3.05) is 5.32 Å². The van der Waals surface area contributed by atoms with Crippen molar-refractivity contribution in [3.8, 4) is 5.75 Å². The summed E-state index contributed by atoms with van der Waals surface area (Å²) < 4.78 is 5.54. The van der Waals surface area contributed by atoms with Crippen LogP contribution in [0.4, 0.5) is 5.69 Å². The molecule has 0 saturated carbocycles. The lowest BCUT2D eigenvalue weighted by Crippen LogP contribution is -2.34. The lowest BCUT2D eigenvalue weighted by molar-refractivity contribution is -0.123. The van der Waals surface area contributed by atoms with Gasteiger partial charge in [0.2, 0.25) is 5.91 Å². The molecule has 0 radical (unpaired) electrons. The Hall–Kier alpha value is -2.37. The van der Waals surface area contributed by atoms with E-state index in [1.54, 1.807) is 13.0 Å². The third kappa shape index (κ3) is 2.16. The molecule has 2 amide bonds. The molecule has 1 unspecified atom stereocenters. The van der Waals surface area contributed by atoms with Crippen molar-refractivity contribution in [2.24, 2.45) is 5.10 Å². The summed E-state index contributed by atoms with van der Waals surface area (Å²) in [5.74, 6) is 0.408. The largest absolute Gasteiger partial charge is 0.479 e. The van der Waals surface area contributed by atoms with Gasteiger partial charge >= 0.3 is 0 Å². The van der Waals surface area contributed by atoms with Gasteiger partial charge in [-0.05, 0) is 19.1 Å². The molecule has 2 aliphatic rings. The molecular weight excluding hydrogens is 246 g/mol. The number of nitrogens with one attached hydrogen (secondary N) is 2. The highest BCUT2D eigenvalue weighted by atomic mass is 16.5. The van der Waals surface area contributed by atoms with Crippen molar-refractivity contribution in [1.29, 1.82) is 0 Å². The maximum Gasteiger partial charge on any atom is 0.265 e. The van der Waals surface area contributed by atoms with Gasteiger partial charge in [0, 0.05) is 18.4 Å². The van der Waals surface area contributed by atoms with E-state index >= 15 is 0 Å². The summed E-state index contributed by atoms with van der Waals surface area (Å²) in [4.78, 5) is 22.5. The van der Waals surface area contributed by atoms with E-state index in [0.29, 0.717) is 24.3 Å². The van der Waals surface area contributed by atoms with Crippen molar-refractivity contribution in [1.82, 2.24) is 5.43 Å². The summed E-state index contributed by atoms with van der Waals surface area (Å²) >= 11 is 0. The van der Waals surface area contributed by atoms with Gasteiger partial charge in [0.15, 0.2) is 6.10 Å². The normalized spacial score (nSPS) is 21.7. The summed E-state index contributed by atoms with van der Waals surface area (Å²) in [7, 11) is 0. The molecule has 2 aliphatic heterocycles. The van der Waals surface area contributed by atoms with Gasteiger partial charge in [-0.3, -0.25) is 9.59 Å². The molecule has 98 valence electrons. The zero-order chi connectivity index (χ0) is 13.4. The number of fused-ring (bicyclic) bond motifs is 1. The number of nitrogens with zero attached hydrogens (tertiary/aromatic N) is 1. The molecule has 6 heteroatoms. The van der Waals surface area contributed by atoms with Gasteiger partial charge in [0.1, 0.15) is 5.75 Å². The molecule has 19 heavy (non-hydrogen) atoms. The third-order valence-corrected chi connectivity index (χ3v) is 3.15. The van der Waals surface area contributed by atoms with Crippen LogP contribution >= 0.6 is 0 Å². The highest BCUT2D eigenvalue weighted by Gasteiger charge is 2.24. The second-order valence-electron chi connectivity index (χ2n) is 4.55. The first-order valence-corrected chi connectivity index (χ1v) is 6.11. The maximum atomic E-state index is 11.5. The van der Waals surface area contributed by atoms with Gasteiger partial charge in [-0.2, -0.15) is 5.10 Å². The van der Waals surface area contributed by atoms with Gasteiger partial charge in [-0.1, -0.05) is 6.07 Å². The number of carbonyl (C=O) groups excluding carboxylic acids is 2. The summed E-state index contributed by atoms with van der Waals surface area (Å²) in [5, 5.41) is 6.81. The Kier molecular flexibility index (Phi) is 2.70. The van der Waals surface area contributed by atoms with Gasteiger partial charge < -0.3 is 10.1 Å². The van der Waals surface area contributed by atoms with Gasteiger partial charge in [0.05, 0.1) is 11.4 Å². The highest BCUT2D eigenvalue weighted by molar-refractivity contribution is 6.05. The Morgan fingerprint density at radius 3 is 2.89 bits per heavy atom. The number of hydrogen-bond acceptors (Lipinski definition) is 4. The molecule has 1 aromatic rings. The van der Waals surface area contributed by atoms with E-state index in [1.165, 1.54) is 0 Å². The van der Waals surface area contributed by atoms with Crippen LogP contribution in [-0.2, 0) is 9.59 Å². The summed E-state index contributed by atoms with van der Waals surface area (Å²) in [6, 6.07) is 5.48. The predicted molar refractivity (Wildman–Crippen MR) is 69.1 cm³/mol. The molecule has 0 aliphatic carbocycles. The third-order valence-electron chi connectivity index (χ3n) is 3.15.